The van der Waals surface area contributed by atoms with Gasteiger partial charge in [-0.25, -0.2) is 4.42 Å². The Kier molecular flexibility index (Phi) is 8.37. The molecule has 2 heteroatoms. The fourth-order valence-corrected chi connectivity index (χ4v) is 7.01. The normalized spacial score (nSPS) is 16.8. The minimum atomic E-state index is 0.894. The van der Waals surface area contributed by atoms with Crippen molar-refractivity contribution < 1.29 is 9.15 Å². The molecule has 0 amide bonds. The van der Waals surface area contributed by atoms with Gasteiger partial charge in [-0.3, -0.25) is 0 Å². The number of allylic oxidation sites excluding steroid dienone is 10. The quantitative estimate of drug-likeness (QED) is 0.133. The molecule has 0 spiro atoms. The van der Waals surface area contributed by atoms with Crippen LogP contribution in [0.25, 0.3) is 39.4 Å². The summed E-state index contributed by atoms with van der Waals surface area (Å²) in [5.74, 6) is 3.80. The first-order valence-electron chi connectivity index (χ1n) is 16.9. The van der Waals surface area contributed by atoms with Crippen molar-refractivity contribution in [1.29, 1.82) is 0 Å². The number of rotatable bonds is 7. The lowest BCUT2D eigenvalue weighted by atomic mass is 9.86. The highest BCUT2D eigenvalue weighted by atomic mass is 16.5. The maximum atomic E-state index is 6.70. The lowest BCUT2D eigenvalue weighted by molar-refractivity contribution is 0.390. The Bertz CT molecular complexity index is 2130. The second kappa shape index (κ2) is 13.6. The molecule has 0 saturated carbocycles. The van der Waals surface area contributed by atoms with Crippen molar-refractivity contribution in [3.8, 4) is 22.5 Å². The van der Waals surface area contributed by atoms with Gasteiger partial charge in [0.1, 0.15) is 11.5 Å². The van der Waals surface area contributed by atoms with Crippen LogP contribution < -0.4 is 0 Å². The average molecular weight is 622 g/mol. The summed E-state index contributed by atoms with van der Waals surface area (Å²) in [6.45, 7) is 0. The minimum absolute atomic E-state index is 0.894. The number of fused-ring (bicyclic) bond motifs is 2. The summed E-state index contributed by atoms with van der Waals surface area (Å²) < 4.78 is 13.3. The molecule has 1 aliphatic heterocycles. The van der Waals surface area contributed by atoms with Gasteiger partial charge in [0.2, 0.25) is 0 Å². The highest BCUT2D eigenvalue weighted by Gasteiger charge is 2.31. The zero-order valence-corrected chi connectivity index (χ0v) is 26.9. The molecular weight excluding hydrogens is 585 g/mol. The second-order valence-corrected chi connectivity index (χ2v) is 12.4. The van der Waals surface area contributed by atoms with Gasteiger partial charge in [0.05, 0.1) is 22.8 Å². The molecule has 0 saturated heterocycles. The molecule has 2 nitrogen and oxygen atoms in total. The Balaban J connectivity index is 1.11. The number of hydrogen-bond acceptors (Lipinski definition) is 1. The third-order valence-electron chi connectivity index (χ3n) is 9.38. The molecule has 0 fully saturated rings. The van der Waals surface area contributed by atoms with Crippen molar-refractivity contribution in [3.05, 3.63) is 203 Å². The summed E-state index contributed by atoms with van der Waals surface area (Å²) in [5.41, 5.74) is 12.2. The summed E-state index contributed by atoms with van der Waals surface area (Å²) in [4.78, 5) is 0. The van der Waals surface area contributed by atoms with Gasteiger partial charge in [0.25, 0.3) is 0 Å². The van der Waals surface area contributed by atoms with E-state index in [1.807, 2.05) is 12.1 Å². The molecular formula is C46H37O2+. The Labute approximate surface area is 283 Å². The maximum absolute atomic E-state index is 6.70. The monoisotopic (exact) mass is 621 g/mol. The van der Waals surface area contributed by atoms with Crippen molar-refractivity contribution in [3.63, 3.8) is 0 Å². The number of benzene rings is 4. The van der Waals surface area contributed by atoms with Crippen LogP contribution >= 0.6 is 0 Å². The SMILES string of the molecule is C(=CC=C1CCCc2c(-c3ccccc3)cc(-c3ccccc3)[o+]c21)C=CC1=C2OC(c3ccccc3)=CC(c3ccccc3)=C2CC1. The van der Waals surface area contributed by atoms with E-state index >= 15 is 0 Å². The Morgan fingerprint density at radius 3 is 1.94 bits per heavy atom. The van der Waals surface area contributed by atoms with Gasteiger partial charge in [-0.05, 0) is 78.7 Å². The van der Waals surface area contributed by atoms with Crippen molar-refractivity contribution in [1.82, 2.24) is 0 Å². The molecule has 2 heterocycles. The third kappa shape index (κ3) is 6.06. The molecule has 48 heavy (non-hydrogen) atoms. The van der Waals surface area contributed by atoms with Crippen LogP contribution in [0.5, 0.6) is 0 Å². The van der Waals surface area contributed by atoms with E-state index in [2.05, 4.69) is 152 Å². The molecule has 3 aliphatic rings. The molecule has 4 aromatic carbocycles. The van der Waals surface area contributed by atoms with Crippen LogP contribution in [-0.4, -0.2) is 0 Å². The lowest BCUT2D eigenvalue weighted by Gasteiger charge is -2.22. The topological polar surface area (TPSA) is 20.5 Å². The van der Waals surface area contributed by atoms with E-state index in [0.29, 0.717) is 0 Å². The van der Waals surface area contributed by atoms with Gasteiger partial charge in [-0.15, -0.1) is 0 Å². The molecule has 0 bridgehead atoms. The van der Waals surface area contributed by atoms with E-state index in [9.17, 15) is 0 Å². The molecule has 2 aliphatic carbocycles. The predicted molar refractivity (Wildman–Crippen MR) is 198 cm³/mol. The van der Waals surface area contributed by atoms with E-state index in [1.165, 1.54) is 44.5 Å². The third-order valence-corrected chi connectivity index (χ3v) is 9.38. The first kappa shape index (κ1) is 29.7. The Morgan fingerprint density at radius 1 is 0.583 bits per heavy atom. The number of hydrogen-bond donors (Lipinski definition) is 0. The van der Waals surface area contributed by atoms with Crippen molar-refractivity contribution in [2.24, 2.45) is 0 Å². The molecule has 0 radical (unpaired) electrons. The minimum Gasteiger partial charge on any atom is -0.456 e. The van der Waals surface area contributed by atoms with Gasteiger partial charge in [-0.1, -0.05) is 133 Å². The Morgan fingerprint density at radius 2 is 1.23 bits per heavy atom. The molecule has 1 aromatic heterocycles. The fraction of sp³-hybridized carbons (Fsp3) is 0.109. The first-order valence-corrected chi connectivity index (χ1v) is 16.9. The zero-order chi connectivity index (χ0) is 32.1. The van der Waals surface area contributed by atoms with E-state index < -0.39 is 0 Å². The molecule has 5 aromatic rings. The van der Waals surface area contributed by atoms with Crippen LogP contribution in [0.15, 0.2) is 185 Å². The second-order valence-electron chi connectivity index (χ2n) is 12.4. The average Bonchev–Trinajstić information content (AvgIpc) is 3.58. The number of ether oxygens (including phenoxy) is 1. The van der Waals surface area contributed by atoms with E-state index in [4.69, 9.17) is 9.15 Å². The highest BCUT2D eigenvalue weighted by molar-refractivity contribution is 5.89. The van der Waals surface area contributed by atoms with Crippen LogP contribution in [-0.2, 0) is 11.2 Å². The van der Waals surface area contributed by atoms with Crippen molar-refractivity contribution in [2.75, 3.05) is 0 Å². The van der Waals surface area contributed by atoms with Gasteiger partial charge in [0.15, 0.2) is 0 Å². The van der Waals surface area contributed by atoms with Gasteiger partial charge >= 0.3 is 11.5 Å². The largest absolute Gasteiger partial charge is 0.456 e. The standard InChI is InChI=1S/C46H37O2/c1-6-17-33(18-7-1)41-31-43(35-21-10-3-11-22-35)47-45-37(27-16-28-39(41)45)25-14-5-15-26-38-29-30-40-42(34-19-8-2-9-20-34)32-44(48-46(38)40)36-23-12-4-13-24-36/h1-15,17-26,31-32H,16,27-30H2/q+1. The van der Waals surface area contributed by atoms with Gasteiger partial charge < -0.3 is 4.74 Å². The lowest BCUT2D eigenvalue weighted by Crippen LogP contribution is -2.05. The summed E-state index contributed by atoms with van der Waals surface area (Å²) in [6, 6.07) is 44.4. The summed E-state index contributed by atoms with van der Waals surface area (Å²) in [5, 5.41) is 0. The van der Waals surface area contributed by atoms with E-state index in [1.54, 1.807) is 0 Å². The maximum Gasteiger partial charge on any atom is 0.361 e. The first-order chi connectivity index (χ1) is 23.8. The van der Waals surface area contributed by atoms with Crippen LogP contribution in [0, 0.1) is 0 Å². The van der Waals surface area contributed by atoms with Gasteiger partial charge in [0, 0.05) is 16.7 Å². The van der Waals surface area contributed by atoms with Crippen molar-refractivity contribution in [2.45, 2.75) is 32.1 Å². The highest BCUT2D eigenvalue weighted by Crippen LogP contribution is 2.45. The summed E-state index contributed by atoms with van der Waals surface area (Å²) >= 11 is 0. The van der Waals surface area contributed by atoms with Crippen LogP contribution in [0.1, 0.15) is 48.1 Å². The molecule has 0 N–H and O–H groups in total. The van der Waals surface area contributed by atoms with Crippen LogP contribution in [0.3, 0.4) is 0 Å². The van der Waals surface area contributed by atoms with Gasteiger partial charge in [-0.2, -0.15) is 0 Å². The predicted octanol–water partition coefficient (Wildman–Crippen LogP) is 12.3. The molecule has 0 unspecified atom stereocenters. The smallest absolute Gasteiger partial charge is 0.361 e. The van der Waals surface area contributed by atoms with Crippen molar-refractivity contribution >= 4 is 16.9 Å². The zero-order valence-electron chi connectivity index (χ0n) is 26.9. The summed E-state index contributed by atoms with van der Waals surface area (Å²) in [6.07, 6.45) is 18.1. The summed E-state index contributed by atoms with van der Waals surface area (Å²) in [7, 11) is 0. The van der Waals surface area contributed by atoms with E-state index in [0.717, 1.165) is 66.3 Å². The molecule has 8 rings (SSSR count). The fourth-order valence-electron chi connectivity index (χ4n) is 7.01. The molecule has 0 atom stereocenters. The molecule has 232 valence electrons. The van der Waals surface area contributed by atoms with Crippen LogP contribution in [0.4, 0.5) is 0 Å². The Hall–Kier alpha value is -5.73. The van der Waals surface area contributed by atoms with E-state index in [-0.39, 0.29) is 0 Å². The van der Waals surface area contributed by atoms with Crippen LogP contribution in [0.2, 0.25) is 0 Å².